The van der Waals surface area contributed by atoms with E-state index in [1.807, 2.05) is 32.9 Å². The fourth-order valence-electron chi connectivity index (χ4n) is 1.84. The number of amides is 3. The molecule has 0 fully saturated rings. The third kappa shape index (κ3) is 5.72. The summed E-state index contributed by atoms with van der Waals surface area (Å²) in [7, 11) is 0. The van der Waals surface area contributed by atoms with Gasteiger partial charge in [0, 0.05) is 13.1 Å². The average molecular weight is 293 g/mol. The molecular weight excluding hydrogens is 270 g/mol. The highest BCUT2D eigenvalue weighted by Gasteiger charge is 2.06. The van der Waals surface area contributed by atoms with Gasteiger partial charge in [0.05, 0.1) is 0 Å². The molecule has 3 N–H and O–H groups in total. The fourth-order valence-corrected chi connectivity index (χ4v) is 1.84. The Hall–Kier alpha value is -2.24. The standard InChI is InChI=1S/C15H23N3O3/c1-11-5-6-12(2)14(13(11)3)21-10-18-15(20)17-8-4-7-16-9-19/h5-6,9H,4,7-8,10H2,1-3H3,(H,16,19)(H2,17,18,20). The molecule has 0 saturated carbocycles. The monoisotopic (exact) mass is 293 g/mol. The second kappa shape index (κ2) is 8.84. The first-order chi connectivity index (χ1) is 10.1. The number of aryl methyl sites for hydroxylation is 2. The molecule has 3 amide bonds. The molecule has 0 aromatic heterocycles. The summed E-state index contributed by atoms with van der Waals surface area (Å²) >= 11 is 0. The molecule has 6 heteroatoms. The topological polar surface area (TPSA) is 79.5 Å². The van der Waals surface area contributed by atoms with Crippen molar-refractivity contribution < 1.29 is 14.3 Å². The average Bonchev–Trinajstić information content (AvgIpc) is 2.46. The van der Waals surface area contributed by atoms with Gasteiger partial charge in [-0.05, 0) is 43.9 Å². The van der Waals surface area contributed by atoms with E-state index < -0.39 is 0 Å². The molecule has 0 atom stereocenters. The molecule has 0 bridgehead atoms. The molecule has 116 valence electrons. The summed E-state index contributed by atoms with van der Waals surface area (Å²) < 4.78 is 5.63. The van der Waals surface area contributed by atoms with Gasteiger partial charge in [0.15, 0.2) is 6.73 Å². The van der Waals surface area contributed by atoms with E-state index in [9.17, 15) is 9.59 Å². The zero-order chi connectivity index (χ0) is 15.7. The van der Waals surface area contributed by atoms with E-state index in [0.29, 0.717) is 25.9 Å². The van der Waals surface area contributed by atoms with Crippen molar-refractivity contribution in [2.75, 3.05) is 19.8 Å². The summed E-state index contributed by atoms with van der Waals surface area (Å²) in [6, 6.07) is 3.76. The van der Waals surface area contributed by atoms with Gasteiger partial charge in [-0.3, -0.25) is 4.79 Å². The van der Waals surface area contributed by atoms with Gasteiger partial charge in [-0.2, -0.15) is 0 Å². The lowest BCUT2D eigenvalue weighted by Crippen LogP contribution is -2.38. The van der Waals surface area contributed by atoms with Crippen LogP contribution in [0.25, 0.3) is 0 Å². The molecule has 21 heavy (non-hydrogen) atoms. The van der Waals surface area contributed by atoms with E-state index in [-0.39, 0.29) is 12.8 Å². The Bertz CT molecular complexity index is 489. The van der Waals surface area contributed by atoms with Crippen molar-refractivity contribution in [3.05, 3.63) is 28.8 Å². The van der Waals surface area contributed by atoms with Crippen molar-refractivity contribution >= 4 is 12.4 Å². The van der Waals surface area contributed by atoms with Crippen LogP contribution in [-0.2, 0) is 4.79 Å². The Balaban J connectivity index is 2.29. The van der Waals surface area contributed by atoms with Gasteiger partial charge in [-0.1, -0.05) is 12.1 Å². The number of carbonyl (C=O) groups excluding carboxylic acids is 2. The highest BCUT2D eigenvalue weighted by Crippen LogP contribution is 2.25. The van der Waals surface area contributed by atoms with Crippen molar-refractivity contribution in [2.45, 2.75) is 27.2 Å². The van der Waals surface area contributed by atoms with Gasteiger partial charge in [-0.15, -0.1) is 0 Å². The molecule has 0 aliphatic rings. The first-order valence-electron chi connectivity index (χ1n) is 6.94. The zero-order valence-electron chi connectivity index (χ0n) is 12.8. The van der Waals surface area contributed by atoms with Crippen molar-refractivity contribution in [3.8, 4) is 5.75 Å². The molecule has 0 radical (unpaired) electrons. The van der Waals surface area contributed by atoms with E-state index in [1.165, 1.54) is 0 Å². The van der Waals surface area contributed by atoms with Crippen molar-refractivity contribution in [1.29, 1.82) is 0 Å². The summed E-state index contributed by atoms with van der Waals surface area (Å²) in [5.41, 5.74) is 3.28. The summed E-state index contributed by atoms with van der Waals surface area (Å²) in [6.45, 7) is 7.15. The summed E-state index contributed by atoms with van der Waals surface area (Å²) in [6.07, 6.45) is 1.32. The number of nitrogens with one attached hydrogen (secondary N) is 3. The summed E-state index contributed by atoms with van der Waals surface area (Å²) in [4.78, 5) is 21.5. The van der Waals surface area contributed by atoms with E-state index >= 15 is 0 Å². The molecule has 0 heterocycles. The predicted molar refractivity (Wildman–Crippen MR) is 81.4 cm³/mol. The van der Waals surface area contributed by atoms with Crippen molar-refractivity contribution in [1.82, 2.24) is 16.0 Å². The lowest BCUT2D eigenvalue weighted by atomic mass is 10.1. The maximum atomic E-state index is 11.5. The molecule has 6 nitrogen and oxygen atoms in total. The van der Waals surface area contributed by atoms with Gasteiger partial charge in [-0.25, -0.2) is 4.79 Å². The minimum atomic E-state index is -0.288. The number of ether oxygens (including phenoxy) is 1. The molecule has 0 saturated heterocycles. The van der Waals surface area contributed by atoms with Crippen LogP contribution in [0.2, 0.25) is 0 Å². The number of carbonyl (C=O) groups is 2. The van der Waals surface area contributed by atoms with Crippen LogP contribution in [0.3, 0.4) is 0 Å². The lowest BCUT2D eigenvalue weighted by molar-refractivity contribution is -0.109. The Morgan fingerprint density at radius 2 is 1.86 bits per heavy atom. The Morgan fingerprint density at radius 3 is 2.57 bits per heavy atom. The second-order valence-electron chi connectivity index (χ2n) is 4.80. The highest BCUT2D eigenvalue weighted by atomic mass is 16.5. The van der Waals surface area contributed by atoms with E-state index in [1.54, 1.807) is 0 Å². The predicted octanol–water partition coefficient (Wildman–Crippen LogP) is 1.38. The van der Waals surface area contributed by atoms with E-state index in [0.717, 1.165) is 22.4 Å². The first-order valence-corrected chi connectivity index (χ1v) is 6.94. The number of rotatable bonds is 8. The fraction of sp³-hybridized carbons (Fsp3) is 0.467. The lowest BCUT2D eigenvalue weighted by Gasteiger charge is -2.14. The molecule has 0 aliphatic carbocycles. The molecular formula is C15H23N3O3. The van der Waals surface area contributed by atoms with Crippen LogP contribution in [-0.4, -0.2) is 32.3 Å². The third-order valence-corrected chi connectivity index (χ3v) is 3.19. The minimum Gasteiger partial charge on any atom is -0.473 e. The Labute approximate surface area is 125 Å². The van der Waals surface area contributed by atoms with Gasteiger partial charge < -0.3 is 20.7 Å². The van der Waals surface area contributed by atoms with Gasteiger partial charge in [0.1, 0.15) is 5.75 Å². The summed E-state index contributed by atoms with van der Waals surface area (Å²) in [5.74, 6) is 0.811. The third-order valence-electron chi connectivity index (χ3n) is 3.19. The Morgan fingerprint density at radius 1 is 1.14 bits per heavy atom. The van der Waals surface area contributed by atoms with Gasteiger partial charge in [0.25, 0.3) is 0 Å². The number of hydrogen-bond donors (Lipinski definition) is 3. The van der Waals surface area contributed by atoms with Crippen molar-refractivity contribution in [2.24, 2.45) is 0 Å². The quantitative estimate of drug-likeness (QED) is 0.385. The number of urea groups is 1. The Kier molecular flexibility index (Phi) is 7.08. The van der Waals surface area contributed by atoms with Gasteiger partial charge in [0.2, 0.25) is 6.41 Å². The molecule has 1 rings (SSSR count). The van der Waals surface area contributed by atoms with Crippen LogP contribution < -0.4 is 20.7 Å². The smallest absolute Gasteiger partial charge is 0.317 e. The maximum absolute atomic E-state index is 11.5. The number of benzene rings is 1. The van der Waals surface area contributed by atoms with Crippen LogP contribution in [0.5, 0.6) is 5.75 Å². The van der Waals surface area contributed by atoms with Crippen molar-refractivity contribution in [3.63, 3.8) is 0 Å². The minimum absolute atomic E-state index is 0.115. The normalized spacial score (nSPS) is 9.86. The van der Waals surface area contributed by atoms with Crippen LogP contribution in [0.4, 0.5) is 4.79 Å². The molecule has 0 spiro atoms. The summed E-state index contributed by atoms with van der Waals surface area (Å²) in [5, 5.41) is 7.84. The molecule has 0 aliphatic heterocycles. The van der Waals surface area contributed by atoms with Crippen LogP contribution in [0, 0.1) is 20.8 Å². The molecule has 0 unspecified atom stereocenters. The van der Waals surface area contributed by atoms with Crippen LogP contribution in [0.15, 0.2) is 12.1 Å². The molecule has 1 aromatic rings. The van der Waals surface area contributed by atoms with Crippen LogP contribution in [0.1, 0.15) is 23.1 Å². The molecule has 1 aromatic carbocycles. The zero-order valence-corrected chi connectivity index (χ0v) is 12.8. The van der Waals surface area contributed by atoms with Crippen LogP contribution >= 0.6 is 0 Å². The SMILES string of the molecule is Cc1ccc(C)c(OCNC(=O)NCCCNC=O)c1C. The first kappa shape index (κ1) is 16.8. The number of hydrogen-bond acceptors (Lipinski definition) is 3. The largest absolute Gasteiger partial charge is 0.473 e. The van der Waals surface area contributed by atoms with E-state index in [2.05, 4.69) is 16.0 Å². The van der Waals surface area contributed by atoms with E-state index in [4.69, 9.17) is 4.74 Å². The highest BCUT2D eigenvalue weighted by molar-refractivity contribution is 5.73. The van der Waals surface area contributed by atoms with Gasteiger partial charge >= 0.3 is 6.03 Å². The second-order valence-corrected chi connectivity index (χ2v) is 4.80. The maximum Gasteiger partial charge on any atom is 0.317 e.